The van der Waals surface area contributed by atoms with Gasteiger partial charge in [-0.2, -0.15) is 0 Å². The fourth-order valence-electron chi connectivity index (χ4n) is 3.96. The van der Waals surface area contributed by atoms with Gasteiger partial charge in [0.25, 0.3) is 0 Å². The summed E-state index contributed by atoms with van der Waals surface area (Å²) in [5, 5.41) is 15.5. The van der Waals surface area contributed by atoms with E-state index in [0.717, 1.165) is 5.56 Å². The number of nitrogens with zero attached hydrogens (tertiary/aromatic N) is 1. The number of fused-ring (bicyclic) bond motifs is 1. The fraction of sp³-hybridized carbons (Fsp3) is 0.560. The van der Waals surface area contributed by atoms with E-state index in [1.807, 2.05) is 58.9 Å². The van der Waals surface area contributed by atoms with Gasteiger partial charge in [-0.15, -0.1) is 0 Å². The molecule has 0 spiro atoms. The van der Waals surface area contributed by atoms with Crippen LogP contribution in [-0.2, 0) is 27.3 Å². The van der Waals surface area contributed by atoms with Crippen LogP contribution >= 0.6 is 0 Å². The molecular formula is C25H37N3O4. The number of hydrogen-bond acceptors (Lipinski definition) is 4. The molecule has 1 aliphatic heterocycles. The van der Waals surface area contributed by atoms with Crippen molar-refractivity contribution in [1.29, 1.82) is 0 Å². The molecule has 2 amide bonds. The van der Waals surface area contributed by atoms with Crippen molar-refractivity contribution in [3.8, 4) is 0 Å². The normalized spacial score (nSPS) is 18.5. The molecule has 1 aromatic rings. The first-order valence-corrected chi connectivity index (χ1v) is 11.1. The zero-order chi connectivity index (χ0) is 24.2. The number of hydrogen-bond donors (Lipinski definition) is 3. The molecule has 1 aliphatic rings. The molecule has 1 aromatic carbocycles. The van der Waals surface area contributed by atoms with Gasteiger partial charge in [0.2, 0.25) is 11.8 Å². The van der Waals surface area contributed by atoms with Gasteiger partial charge in [-0.1, -0.05) is 65.0 Å². The third kappa shape index (κ3) is 6.19. The van der Waals surface area contributed by atoms with Crippen LogP contribution in [0.3, 0.4) is 0 Å². The van der Waals surface area contributed by atoms with E-state index in [2.05, 4.69) is 10.6 Å². The lowest BCUT2D eigenvalue weighted by molar-refractivity contribution is -0.140. The average molecular weight is 444 g/mol. The molecule has 32 heavy (non-hydrogen) atoms. The van der Waals surface area contributed by atoms with Crippen LogP contribution in [0.15, 0.2) is 35.9 Å². The van der Waals surface area contributed by atoms with E-state index in [1.54, 1.807) is 18.0 Å². The molecule has 0 fully saturated rings. The molecule has 176 valence electrons. The summed E-state index contributed by atoms with van der Waals surface area (Å²) in [6.45, 7) is 11.7. The molecule has 2 unspecified atom stereocenters. The van der Waals surface area contributed by atoms with E-state index in [1.165, 1.54) is 12.5 Å². The molecule has 3 N–H and O–H groups in total. The Kier molecular flexibility index (Phi) is 8.24. The molecule has 0 bridgehead atoms. The zero-order valence-corrected chi connectivity index (χ0v) is 20.2. The van der Waals surface area contributed by atoms with Gasteiger partial charge in [0, 0.05) is 19.2 Å². The maximum Gasteiger partial charge on any atom is 0.331 e. The highest BCUT2D eigenvalue weighted by atomic mass is 16.4. The Labute approximate surface area is 191 Å². The Balaban J connectivity index is 2.22. The number of carboxylic acids is 1. The van der Waals surface area contributed by atoms with Crippen molar-refractivity contribution in [1.82, 2.24) is 15.5 Å². The highest BCUT2D eigenvalue weighted by Gasteiger charge is 2.38. The maximum atomic E-state index is 13.5. The van der Waals surface area contributed by atoms with Crippen molar-refractivity contribution in [2.75, 3.05) is 7.05 Å². The molecular weight excluding hydrogens is 406 g/mol. The lowest BCUT2D eigenvalue weighted by atomic mass is 9.84. The van der Waals surface area contributed by atoms with Crippen molar-refractivity contribution in [3.05, 3.63) is 47.0 Å². The lowest BCUT2D eigenvalue weighted by Crippen LogP contribution is -2.59. The first-order valence-electron chi connectivity index (χ1n) is 11.1. The van der Waals surface area contributed by atoms with Gasteiger partial charge in [0.1, 0.15) is 6.04 Å². The van der Waals surface area contributed by atoms with Crippen LogP contribution in [-0.4, -0.2) is 53.0 Å². The molecule has 3 atom stereocenters. The summed E-state index contributed by atoms with van der Waals surface area (Å²) in [6, 6.07) is 6.46. The summed E-state index contributed by atoms with van der Waals surface area (Å²) in [5.41, 5.74) is 1.97. The van der Waals surface area contributed by atoms with Gasteiger partial charge in [0.15, 0.2) is 0 Å². The standard InChI is InChI=1S/C25H37N3O4/c1-15(2)20(12-16(3)24(31)32)28(7)23(30)21(25(4,5)6)27-22(29)19-13-17-10-8-9-11-18(17)14-26-19/h8-12,15,19-21,26H,13-14H2,1-7H3,(H,27,29)(H,31,32)/b16-12+/t19?,20-,21?/m1/s1. The summed E-state index contributed by atoms with van der Waals surface area (Å²) in [4.78, 5) is 39.5. The number of carboxylic acid groups (broad SMARTS) is 1. The van der Waals surface area contributed by atoms with Crippen molar-refractivity contribution in [3.63, 3.8) is 0 Å². The van der Waals surface area contributed by atoms with E-state index in [4.69, 9.17) is 0 Å². The molecule has 7 heteroatoms. The fourth-order valence-corrected chi connectivity index (χ4v) is 3.96. The van der Waals surface area contributed by atoms with Gasteiger partial charge in [-0.05, 0) is 35.8 Å². The highest BCUT2D eigenvalue weighted by Crippen LogP contribution is 2.24. The second-order valence-corrected chi connectivity index (χ2v) is 10.1. The van der Waals surface area contributed by atoms with E-state index >= 15 is 0 Å². The van der Waals surface area contributed by atoms with E-state index < -0.39 is 29.5 Å². The second-order valence-electron chi connectivity index (χ2n) is 10.1. The number of nitrogens with one attached hydrogen (secondary N) is 2. The summed E-state index contributed by atoms with van der Waals surface area (Å²) in [5.74, 6) is -1.46. The molecule has 0 saturated heterocycles. The summed E-state index contributed by atoms with van der Waals surface area (Å²) >= 11 is 0. The van der Waals surface area contributed by atoms with E-state index in [0.29, 0.717) is 13.0 Å². The monoisotopic (exact) mass is 443 g/mol. The first-order chi connectivity index (χ1) is 14.8. The van der Waals surface area contributed by atoms with Crippen molar-refractivity contribution < 1.29 is 19.5 Å². The van der Waals surface area contributed by atoms with Crippen molar-refractivity contribution >= 4 is 17.8 Å². The Morgan fingerprint density at radius 2 is 1.78 bits per heavy atom. The third-order valence-corrected chi connectivity index (χ3v) is 6.03. The molecule has 0 radical (unpaired) electrons. The Bertz CT molecular complexity index is 885. The highest BCUT2D eigenvalue weighted by molar-refractivity contribution is 5.91. The van der Waals surface area contributed by atoms with Crippen molar-refractivity contribution in [2.24, 2.45) is 11.3 Å². The van der Waals surface area contributed by atoms with Crippen LogP contribution in [0.5, 0.6) is 0 Å². The Morgan fingerprint density at radius 1 is 1.19 bits per heavy atom. The average Bonchev–Trinajstić information content (AvgIpc) is 2.72. The topological polar surface area (TPSA) is 98.7 Å². The number of aliphatic carboxylic acids is 1. The maximum absolute atomic E-state index is 13.5. The van der Waals surface area contributed by atoms with Gasteiger partial charge < -0.3 is 20.6 Å². The second kappa shape index (κ2) is 10.3. The van der Waals surface area contributed by atoms with Crippen LogP contribution in [0, 0.1) is 11.3 Å². The number of benzene rings is 1. The summed E-state index contributed by atoms with van der Waals surface area (Å²) < 4.78 is 0. The molecule has 0 aromatic heterocycles. The predicted octanol–water partition coefficient (Wildman–Crippen LogP) is 2.75. The summed E-state index contributed by atoms with van der Waals surface area (Å²) in [6.07, 6.45) is 2.17. The Morgan fingerprint density at radius 3 is 2.31 bits per heavy atom. The minimum absolute atomic E-state index is 0.00563. The quantitative estimate of drug-likeness (QED) is 0.563. The van der Waals surface area contributed by atoms with Crippen molar-refractivity contribution in [2.45, 2.75) is 72.6 Å². The number of carbonyl (C=O) groups is 3. The van der Waals surface area contributed by atoms with Gasteiger partial charge >= 0.3 is 5.97 Å². The number of likely N-dealkylation sites (N-methyl/N-ethyl adjacent to an activating group) is 1. The Hall–Kier alpha value is -2.67. The largest absolute Gasteiger partial charge is 0.478 e. The lowest BCUT2D eigenvalue weighted by Gasteiger charge is -2.38. The minimum Gasteiger partial charge on any atom is -0.478 e. The van der Waals surface area contributed by atoms with Gasteiger partial charge in [0.05, 0.1) is 12.1 Å². The third-order valence-electron chi connectivity index (χ3n) is 6.03. The van der Waals surface area contributed by atoms with Crippen LogP contribution in [0.1, 0.15) is 52.7 Å². The van der Waals surface area contributed by atoms with Crippen LogP contribution in [0.25, 0.3) is 0 Å². The minimum atomic E-state index is -1.01. The van der Waals surface area contributed by atoms with Crippen LogP contribution < -0.4 is 10.6 Å². The molecule has 0 saturated carbocycles. The number of carbonyl (C=O) groups excluding carboxylic acids is 2. The molecule has 2 rings (SSSR count). The molecule has 7 nitrogen and oxygen atoms in total. The first kappa shape index (κ1) is 25.6. The van der Waals surface area contributed by atoms with E-state index in [-0.39, 0.29) is 23.3 Å². The SMILES string of the molecule is C/C(=C\[C@H](C(C)C)N(C)C(=O)C(NC(=O)C1Cc2ccccc2CN1)C(C)(C)C)C(=O)O. The number of rotatable bonds is 7. The molecule has 0 aliphatic carbocycles. The van der Waals surface area contributed by atoms with Gasteiger partial charge in [-0.3, -0.25) is 9.59 Å². The predicted molar refractivity (Wildman–Crippen MR) is 125 cm³/mol. The zero-order valence-electron chi connectivity index (χ0n) is 20.2. The van der Waals surface area contributed by atoms with Crippen LogP contribution in [0.2, 0.25) is 0 Å². The summed E-state index contributed by atoms with van der Waals surface area (Å²) in [7, 11) is 1.67. The van der Waals surface area contributed by atoms with Crippen LogP contribution in [0.4, 0.5) is 0 Å². The van der Waals surface area contributed by atoms with E-state index in [9.17, 15) is 19.5 Å². The molecule has 1 heterocycles. The number of amides is 2. The van der Waals surface area contributed by atoms with Gasteiger partial charge in [-0.25, -0.2) is 4.79 Å². The smallest absolute Gasteiger partial charge is 0.331 e.